The molecule has 12 rings (SSSR count). The number of hydrogen-bond acceptors (Lipinski definition) is 2. The van der Waals surface area contributed by atoms with E-state index in [1.165, 1.54) is 98.9 Å². The summed E-state index contributed by atoms with van der Waals surface area (Å²) in [5, 5.41) is 7.56. The average Bonchev–Trinajstić information content (AvgIpc) is 3.57. The van der Waals surface area contributed by atoms with Gasteiger partial charge in [0, 0.05) is 50.1 Å². The van der Waals surface area contributed by atoms with Crippen LogP contribution in [0.4, 0.5) is 22.7 Å². The van der Waals surface area contributed by atoms with E-state index in [1.807, 2.05) is 0 Å². The molecule has 3 nitrogen and oxygen atoms in total. The van der Waals surface area contributed by atoms with Crippen molar-refractivity contribution in [2.45, 2.75) is 6.92 Å². The molecule has 3 heterocycles. The molecule has 9 aromatic carbocycles. The monoisotopic (exact) mass is 699 g/mol. The summed E-state index contributed by atoms with van der Waals surface area (Å²) in [7, 11) is 0. The molecule has 0 saturated heterocycles. The van der Waals surface area contributed by atoms with Crippen LogP contribution in [0.5, 0.6) is 0 Å². The van der Waals surface area contributed by atoms with Crippen molar-refractivity contribution in [3.63, 3.8) is 0 Å². The molecule has 2 aliphatic heterocycles. The topological polar surface area (TPSA) is 34.2 Å². The molecule has 0 spiro atoms. The number of nitrogens with two attached hydrogens (primary N) is 1. The maximum Gasteiger partial charge on any atom is 0.333 e. The molecule has 0 aliphatic carbocycles. The van der Waals surface area contributed by atoms with Crippen molar-refractivity contribution in [1.29, 1.82) is 0 Å². The first-order valence-electron chi connectivity index (χ1n) is 19.1. The quantitative estimate of drug-likeness (QED) is 0.113. The van der Waals surface area contributed by atoms with Crippen molar-refractivity contribution in [2.75, 3.05) is 10.6 Å². The highest BCUT2D eigenvalue weighted by Crippen LogP contribution is 2.49. The van der Waals surface area contributed by atoms with Crippen LogP contribution in [0.15, 0.2) is 176 Å². The van der Waals surface area contributed by atoms with Gasteiger partial charge in [0.2, 0.25) is 0 Å². The Kier molecular flexibility index (Phi) is 6.22. The highest BCUT2D eigenvalue weighted by molar-refractivity contribution is 6.90. The van der Waals surface area contributed by atoms with Crippen molar-refractivity contribution in [2.24, 2.45) is 0 Å². The van der Waals surface area contributed by atoms with E-state index in [9.17, 15) is 0 Å². The molecule has 1 aromatic heterocycles. The van der Waals surface area contributed by atoms with Gasteiger partial charge in [0.15, 0.2) is 0 Å². The normalized spacial score (nSPS) is 12.8. The Morgan fingerprint density at radius 2 is 1.15 bits per heavy atom. The second kappa shape index (κ2) is 11.2. The highest BCUT2D eigenvalue weighted by Gasteiger charge is 2.43. The first kappa shape index (κ1) is 30.4. The second-order valence-corrected chi connectivity index (χ2v) is 15.2. The molecule has 0 unspecified atom stereocenters. The number of nitrogen functional groups attached to an aromatic ring is 1. The zero-order valence-corrected chi connectivity index (χ0v) is 30.3. The standard InChI is InChI=1S/C51H34BN3/c1-31-44-27-35-18-9-8-17-34(35)23-38(44)28-46-50(31)54(40-25-36(32-13-4-2-5-14-32)24-37(26-40)33-15-6-3-7-16-33)48-30-39(53)29-45-43-21-12-20-42-41-19-10-11-22-47(41)55(51(42)43)52(46)49(45)48/h2-30H,53H2,1H3. The predicted octanol–water partition coefficient (Wildman–Crippen LogP) is 11.7. The smallest absolute Gasteiger partial charge is 0.333 e. The van der Waals surface area contributed by atoms with Gasteiger partial charge in [0.1, 0.15) is 0 Å². The van der Waals surface area contributed by atoms with E-state index in [4.69, 9.17) is 5.73 Å². The van der Waals surface area contributed by atoms with Crippen LogP contribution < -0.4 is 21.6 Å². The number of benzene rings is 9. The molecule has 55 heavy (non-hydrogen) atoms. The minimum atomic E-state index is -0.0605. The molecule has 10 aromatic rings. The Hall–Kier alpha value is -7.04. The minimum Gasteiger partial charge on any atom is -0.399 e. The summed E-state index contributed by atoms with van der Waals surface area (Å²) in [6.45, 7) is 2.26. The largest absolute Gasteiger partial charge is 0.399 e. The van der Waals surface area contributed by atoms with Gasteiger partial charge < -0.3 is 15.1 Å². The van der Waals surface area contributed by atoms with Crippen molar-refractivity contribution < 1.29 is 0 Å². The van der Waals surface area contributed by atoms with Crippen LogP contribution in [0.25, 0.3) is 76.7 Å². The van der Waals surface area contributed by atoms with E-state index >= 15 is 0 Å². The van der Waals surface area contributed by atoms with Gasteiger partial charge in [-0.3, -0.25) is 0 Å². The number of aromatic nitrogens is 1. The molecule has 0 radical (unpaired) electrons. The Morgan fingerprint density at radius 1 is 0.491 bits per heavy atom. The third-order valence-electron chi connectivity index (χ3n) is 12.1. The van der Waals surface area contributed by atoms with Crippen LogP contribution in [0.3, 0.4) is 0 Å². The summed E-state index contributed by atoms with van der Waals surface area (Å²) in [5.74, 6) is 0. The van der Waals surface area contributed by atoms with E-state index in [2.05, 4.69) is 192 Å². The van der Waals surface area contributed by atoms with Crippen LogP contribution in [0.2, 0.25) is 0 Å². The number of anilines is 4. The van der Waals surface area contributed by atoms with E-state index in [1.54, 1.807) is 0 Å². The fourth-order valence-corrected chi connectivity index (χ4v) is 9.83. The Balaban J connectivity index is 1.25. The van der Waals surface area contributed by atoms with Gasteiger partial charge in [-0.05, 0) is 121 Å². The molecule has 0 amide bonds. The molecule has 0 atom stereocenters. The fourth-order valence-electron chi connectivity index (χ4n) is 9.83. The molecular formula is C51H34BN3. The number of aryl methyl sites for hydroxylation is 1. The van der Waals surface area contributed by atoms with Crippen molar-refractivity contribution in [1.82, 2.24) is 4.48 Å². The summed E-state index contributed by atoms with van der Waals surface area (Å²) >= 11 is 0. The molecule has 2 N–H and O–H groups in total. The molecule has 0 saturated carbocycles. The van der Waals surface area contributed by atoms with E-state index in [0.717, 1.165) is 17.1 Å². The predicted molar refractivity (Wildman–Crippen MR) is 235 cm³/mol. The summed E-state index contributed by atoms with van der Waals surface area (Å²) in [4.78, 5) is 2.53. The lowest BCUT2D eigenvalue weighted by Crippen LogP contribution is -2.57. The van der Waals surface area contributed by atoms with Crippen molar-refractivity contribution in [3.05, 3.63) is 181 Å². The van der Waals surface area contributed by atoms with Crippen LogP contribution in [-0.4, -0.2) is 11.3 Å². The molecule has 256 valence electrons. The Morgan fingerprint density at radius 3 is 1.89 bits per heavy atom. The third kappa shape index (κ3) is 4.28. The summed E-state index contributed by atoms with van der Waals surface area (Å²) in [5.41, 5.74) is 24.7. The lowest BCUT2D eigenvalue weighted by molar-refractivity contribution is 1.24. The van der Waals surface area contributed by atoms with Gasteiger partial charge in [-0.2, -0.15) is 0 Å². The second-order valence-electron chi connectivity index (χ2n) is 15.2. The number of fused-ring (bicyclic) bond motifs is 9. The number of hydrogen-bond donors (Lipinski definition) is 1. The van der Waals surface area contributed by atoms with Crippen molar-refractivity contribution >= 4 is 83.9 Å². The van der Waals surface area contributed by atoms with Gasteiger partial charge in [-0.15, -0.1) is 0 Å². The maximum atomic E-state index is 7.01. The van der Waals surface area contributed by atoms with Crippen LogP contribution in [0, 0.1) is 6.92 Å². The van der Waals surface area contributed by atoms with Gasteiger partial charge in [0.25, 0.3) is 0 Å². The van der Waals surface area contributed by atoms with Crippen molar-refractivity contribution in [3.8, 4) is 33.4 Å². The third-order valence-corrected chi connectivity index (χ3v) is 12.1. The van der Waals surface area contributed by atoms with Gasteiger partial charge >= 0.3 is 6.85 Å². The number of rotatable bonds is 3. The summed E-state index contributed by atoms with van der Waals surface area (Å²) < 4.78 is 2.63. The van der Waals surface area contributed by atoms with E-state index in [-0.39, 0.29) is 6.85 Å². The summed E-state index contributed by atoms with van der Waals surface area (Å²) in [6.07, 6.45) is 0. The first-order chi connectivity index (χ1) is 27.1. The van der Waals surface area contributed by atoms with Crippen LogP contribution in [0.1, 0.15) is 5.56 Å². The zero-order valence-electron chi connectivity index (χ0n) is 30.3. The molecule has 2 aliphatic rings. The zero-order chi connectivity index (χ0) is 36.4. The van der Waals surface area contributed by atoms with E-state index < -0.39 is 0 Å². The molecule has 0 fully saturated rings. The lowest BCUT2D eigenvalue weighted by Gasteiger charge is -2.42. The highest BCUT2D eigenvalue weighted by atomic mass is 15.2. The van der Waals surface area contributed by atoms with E-state index in [0.29, 0.717) is 0 Å². The first-order valence-corrected chi connectivity index (χ1v) is 19.1. The minimum absolute atomic E-state index is 0.0605. The average molecular weight is 700 g/mol. The molecular weight excluding hydrogens is 665 g/mol. The van der Waals surface area contributed by atoms with Gasteiger partial charge in [-0.25, -0.2) is 0 Å². The maximum absolute atomic E-state index is 7.01. The molecule has 0 bridgehead atoms. The SMILES string of the molecule is Cc1c2c(cc3cc4ccccc4cc13)B1c3c(cc(N)cc3N2c2cc(-c3ccccc3)cc(-c3ccccc3)c2)-c2cccc3c4ccccc4n1c23. The van der Waals surface area contributed by atoms with Gasteiger partial charge in [-0.1, -0.05) is 127 Å². The van der Waals surface area contributed by atoms with Crippen LogP contribution in [-0.2, 0) is 0 Å². The Bertz CT molecular complexity index is 3180. The van der Waals surface area contributed by atoms with Gasteiger partial charge in [0.05, 0.1) is 0 Å². The number of nitrogens with zero attached hydrogens (tertiary/aromatic N) is 2. The van der Waals surface area contributed by atoms with Crippen LogP contribution >= 0.6 is 0 Å². The number of para-hydroxylation sites is 2. The lowest BCUT2D eigenvalue weighted by atomic mass is 9.44. The fraction of sp³-hybridized carbons (Fsp3) is 0.0196. The molecule has 4 heteroatoms. The Labute approximate surface area is 319 Å². The summed E-state index contributed by atoms with van der Waals surface area (Å²) in [6, 6.07) is 64.6.